The molecule has 1 unspecified atom stereocenters. The Bertz CT molecular complexity index is 424. The van der Waals surface area contributed by atoms with E-state index in [1.165, 1.54) is 0 Å². The highest BCUT2D eigenvalue weighted by atomic mass is 35.5. The smallest absolute Gasteiger partial charge is 0.147 e. The number of likely N-dealkylation sites (N-methyl/N-ethyl adjacent to an activating group) is 1. The third kappa shape index (κ3) is 3.38. The molecule has 0 amide bonds. The van der Waals surface area contributed by atoms with Gasteiger partial charge in [0.15, 0.2) is 0 Å². The fourth-order valence-electron chi connectivity index (χ4n) is 2.66. The predicted octanol–water partition coefficient (Wildman–Crippen LogP) is 1.98. The number of pyridine rings is 1. The van der Waals surface area contributed by atoms with Gasteiger partial charge < -0.3 is 10.2 Å². The van der Waals surface area contributed by atoms with E-state index in [4.69, 9.17) is 11.6 Å². The van der Waals surface area contributed by atoms with Crippen molar-refractivity contribution in [2.45, 2.75) is 26.4 Å². The van der Waals surface area contributed by atoms with E-state index in [0.717, 1.165) is 49.1 Å². The quantitative estimate of drug-likeness (QED) is 0.915. The van der Waals surface area contributed by atoms with Crippen LogP contribution in [0, 0.1) is 0 Å². The van der Waals surface area contributed by atoms with Gasteiger partial charge in [0.25, 0.3) is 0 Å². The minimum Gasteiger partial charge on any atom is -0.353 e. The molecule has 5 heteroatoms. The van der Waals surface area contributed by atoms with Gasteiger partial charge in [0.1, 0.15) is 5.82 Å². The largest absolute Gasteiger partial charge is 0.353 e. The number of nitrogens with zero attached hydrogens (tertiary/aromatic N) is 3. The number of aromatic nitrogens is 1. The number of nitrogens with one attached hydrogen (secondary N) is 1. The number of hydrogen-bond donors (Lipinski definition) is 1. The molecule has 1 saturated heterocycles. The Morgan fingerprint density at radius 2 is 2.26 bits per heavy atom. The van der Waals surface area contributed by atoms with Crippen molar-refractivity contribution in [1.29, 1.82) is 0 Å². The average molecular weight is 283 g/mol. The lowest BCUT2D eigenvalue weighted by Crippen LogP contribution is -2.52. The van der Waals surface area contributed by atoms with Gasteiger partial charge in [-0.1, -0.05) is 18.5 Å². The third-order valence-electron chi connectivity index (χ3n) is 3.73. The fourth-order valence-corrected chi connectivity index (χ4v) is 2.97. The van der Waals surface area contributed by atoms with E-state index in [-0.39, 0.29) is 0 Å². The molecular weight excluding hydrogens is 260 g/mol. The Labute approximate surface area is 120 Å². The molecule has 1 atom stereocenters. The molecule has 2 heterocycles. The SMILES string of the molecule is CCN1CCN(c2ncc(CNC)cc2Cl)CC1C. The summed E-state index contributed by atoms with van der Waals surface area (Å²) >= 11 is 6.37. The van der Waals surface area contributed by atoms with Gasteiger partial charge in [0.2, 0.25) is 0 Å². The number of halogens is 1. The lowest BCUT2D eigenvalue weighted by atomic mass is 10.2. The highest BCUT2D eigenvalue weighted by molar-refractivity contribution is 6.33. The fraction of sp³-hybridized carbons (Fsp3) is 0.643. The van der Waals surface area contributed by atoms with Crippen LogP contribution in [0.1, 0.15) is 19.4 Å². The van der Waals surface area contributed by atoms with Crippen LogP contribution in [0.15, 0.2) is 12.3 Å². The van der Waals surface area contributed by atoms with Crippen LogP contribution in [0.25, 0.3) is 0 Å². The average Bonchev–Trinajstić information content (AvgIpc) is 2.39. The Morgan fingerprint density at radius 1 is 1.47 bits per heavy atom. The second-order valence-corrected chi connectivity index (χ2v) is 5.51. The molecule has 0 bridgehead atoms. The summed E-state index contributed by atoms with van der Waals surface area (Å²) in [6.45, 7) is 9.45. The Kier molecular flexibility index (Phi) is 5.02. The van der Waals surface area contributed by atoms with E-state index in [9.17, 15) is 0 Å². The van der Waals surface area contributed by atoms with E-state index in [2.05, 4.69) is 33.9 Å². The van der Waals surface area contributed by atoms with Crippen LogP contribution in [0.2, 0.25) is 5.02 Å². The summed E-state index contributed by atoms with van der Waals surface area (Å²) in [5.41, 5.74) is 1.12. The number of hydrogen-bond acceptors (Lipinski definition) is 4. The molecule has 1 fully saturated rings. The van der Waals surface area contributed by atoms with Crippen molar-refractivity contribution in [3.63, 3.8) is 0 Å². The van der Waals surface area contributed by atoms with E-state index in [1.807, 2.05) is 19.3 Å². The first kappa shape index (κ1) is 14.6. The summed E-state index contributed by atoms with van der Waals surface area (Å²) in [6.07, 6.45) is 1.91. The first-order valence-electron chi connectivity index (χ1n) is 6.93. The van der Waals surface area contributed by atoms with E-state index in [1.54, 1.807) is 0 Å². The summed E-state index contributed by atoms with van der Waals surface area (Å²) in [5.74, 6) is 0.920. The van der Waals surface area contributed by atoms with Crippen LogP contribution < -0.4 is 10.2 Å². The van der Waals surface area contributed by atoms with Crippen molar-refractivity contribution >= 4 is 17.4 Å². The minimum atomic E-state index is 0.550. The predicted molar refractivity (Wildman–Crippen MR) is 80.9 cm³/mol. The van der Waals surface area contributed by atoms with Crippen molar-refractivity contribution in [2.24, 2.45) is 0 Å². The summed E-state index contributed by atoms with van der Waals surface area (Å²) in [4.78, 5) is 9.32. The summed E-state index contributed by atoms with van der Waals surface area (Å²) < 4.78 is 0. The second-order valence-electron chi connectivity index (χ2n) is 5.10. The molecule has 19 heavy (non-hydrogen) atoms. The Hall–Kier alpha value is -0.840. The molecular formula is C14H23ClN4. The van der Waals surface area contributed by atoms with Gasteiger partial charge in [-0.05, 0) is 32.1 Å². The lowest BCUT2D eigenvalue weighted by Gasteiger charge is -2.40. The molecule has 0 radical (unpaired) electrons. The maximum Gasteiger partial charge on any atom is 0.147 e. The number of piperazine rings is 1. The molecule has 106 valence electrons. The van der Waals surface area contributed by atoms with Gasteiger partial charge >= 0.3 is 0 Å². The van der Waals surface area contributed by atoms with Gasteiger partial charge in [0, 0.05) is 38.4 Å². The van der Waals surface area contributed by atoms with Gasteiger partial charge in [-0.25, -0.2) is 4.98 Å². The highest BCUT2D eigenvalue weighted by Crippen LogP contribution is 2.26. The molecule has 2 rings (SSSR count). The van der Waals surface area contributed by atoms with Crippen LogP contribution in [0.5, 0.6) is 0 Å². The molecule has 1 aromatic heterocycles. The topological polar surface area (TPSA) is 31.4 Å². The van der Waals surface area contributed by atoms with E-state index < -0.39 is 0 Å². The minimum absolute atomic E-state index is 0.550. The standard InChI is InChI=1S/C14H23ClN4/c1-4-18-5-6-19(10-11(18)2)14-13(15)7-12(8-16-3)9-17-14/h7,9,11,16H,4-6,8,10H2,1-3H3. The Morgan fingerprint density at radius 3 is 2.84 bits per heavy atom. The zero-order chi connectivity index (χ0) is 13.8. The number of rotatable bonds is 4. The maximum atomic E-state index is 6.37. The van der Waals surface area contributed by atoms with Crippen molar-refractivity contribution in [2.75, 3.05) is 38.1 Å². The van der Waals surface area contributed by atoms with Crippen LogP contribution in [-0.4, -0.2) is 49.2 Å². The first-order valence-corrected chi connectivity index (χ1v) is 7.31. The van der Waals surface area contributed by atoms with Crippen LogP contribution >= 0.6 is 11.6 Å². The molecule has 0 saturated carbocycles. The van der Waals surface area contributed by atoms with Gasteiger partial charge in [0.05, 0.1) is 5.02 Å². The van der Waals surface area contributed by atoms with Crippen LogP contribution in [-0.2, 0) is 6.54 Å². The van der Waals surface area contributed by atoms with E-state index in [0.29, 0.717) is 6.04 Å². The molecule has 1 aliphatic rings. The third-order valence-corrected chi connectivity index (χ3v) is 4.01. The van der Waals surface area contributed by atoms with Crippen molar-refractivity contribution < 1.29 is 0 Å². The lowest BCUT2D eigenvalue weighted by molar-refractivity contribution is 0.199. The zero-order valence-corrected chi connectivity index (χ0v) is 12.7. The Balaban J connectivity index is 2.10. The van der Waals surface area contributed by atoms with Crippen molar-refractivity contribution in [3.8, 4) is 0 Å². The van der Waals surface area contributed by atoms with Gasteiger partial charge in [-0.3, -0.25) is 4.90 Å². The van der Waals surface area contributed by atoms with Gasteiger partial charge in [-0.15, -0.1) is 0 Å². The van der Waals surface area contributed by atoms with E-state index >= 15 is 0 Å². The molecule has 4 nitrogen and oxygen atoms in total. The molecule has 0 aromatic carbocycles. The van der Waals surface area contributed by atoms with Crippen LogP contribution in [0.3, 0.4) is 0 Å². The zero-order valence-electron chi connectivity index (χ0n) is 12.0. The highest BCUT2D eigenvalue weighted by Gasteiger charge is 2.24. The summed E-state index contributed by atoms with van der Waals surface area (Å²) in [6, 6.07) is 2.56. The molecule has 0 spiro atoms. The summed E-state index contributed by atoms with van der Waals surface area (Å²) in [5, 5.41) is 3.87. The molecule has 1 aliphatic heterocycles. The molecule has 1 aromatic rings. The molecule has 0 aliphatic carbocycles. The summed E-state index contributed by atoms with van der Waals surface area (Å²) in [7, 11) is 1.92. The second kappa shape index (κ2) is 6.55. The first-order chi connectivity index (χ1) is 9.15. The maximum absolute atomic E-state index is 6.37. The van der Waals surface area contributed by atoms with Crippen molar-refractivity contribution in [1.82, 2.24) is 15.2 Å². The molecule has 1 N–H and O–H groups in total. The number of anilines is 1. The normalized spacial score (nSPS) is 20.8. The van der Waals surface area contributed by atoms with Crippen LogP contribution in [0.4, 0.5) is 5.82 Å². The van der Waals surface area contributed by atoms with Crippen molar-refractivity contribution in [3.05, 3.63) is 22.8 Å². The van der Waals surface area contributed by atoms with Gasteiger partial charge in [-0.2, -0.15) is 0 Å². The monoisotopic (exact) mass is 282 g/mol.